The van der Waals surface area contributed by atoms with Gasteiger partial charge in [-0.25, -0.2) is 0 Å². The first kappa shape index (κ1) is 15.1. The normalized spacial score (nSPS) is 33.3. The lowest BCUT2D eigenvalue weighted by molar-refractivity contribution is -0.0786. The van der Waals surface area contributed by atoms with Gasteiger partial charge < -0.3 is 19.2 Å². The maximum Gasteiger partial charge on any atom is 0.287 e. The summed E-state index contributed by atoms with van der Waals surface area (Å²) in [6.45, 7) is 3.26. The highest BCUT2D eigenvalue weighted by atomic mass is 16.6. The molecule has 2 heterocycles. The molecular weight excluding hydrogens is 294 g/mol. The monoisotopic (exact) mass is 319 g/mol. The summed E-state index contributed by atoms with van der Waals surface area (Å²) >= 11 is 0. The number of ether oxygens (including phenoxy) is 2. The minimum Gasteiger partial charge on any atom is -0.465 e. The van der Waals surface area contributed by atoms with Crippen molar-refractivity contribution in [2.24, 2.45) is 17.8 Å². The van der Waals surface area contributed by atoms with Crippen molar-refractivity contribution >= 4 is 5.91 Å². The molecule has 0 radical (unpaired) electrons. The summed E-state index contributed by atoms with van der Waals surface area (Å²) in [6.07, 6.45) is 6.60. The smallest absolute Gasteiger partial charge is 0.287 e. The van der Waals surface area contributed by atoms with Crippen LogP contribution in [0.5, 0.6) is 5.95 Å². The predicted molar refractivity (Wildman–Crippen MR) is 84.4 cm³/mol. The third kappa shape index (κ3) is 2.65. The molecule has 3 fully saturated rings. The summed E-state index contributed by atoms with van der Waals surface area (Å²) in [5, 5.41) is 3.22. The van der Waals surface area contributed by atoms with Crippen molar-refractivity contribution in [1.29, 1.82) is 0 Å². The number of furan rings is 1. The molecule has 1 amide bonds. The molecule has 1 aliphatic heterocycles. The Morgan fingerprint density at radius 3 is 2.91 bits per heavy atom. The second-order valence-electron chi connectivity index (χ2n) is 6.96. The highest BCUT2D eigenvalue weighted by Crippen LogP contribution is 2.51. The van der Waals surface area contributed by atoms with E-state index in [0.717, 1.165) is 13.0 Å². The van der Waals surface area contributed by atoms with Crippen molar-refractivity contribution in [3.63, 3.8) is 0 Å². The molecule has 2 aliphatic carbocycles. The first-order chi connectivity index (χ1) is 11.3. The van der Waals surface area contributed by atoms with E-state index in [-0.39, 0.29) is 11.9 Å². The fourth-order valence-electron chi connectivity index (χ4n) is 4.74. The summed E-state index contributed by atoms with van der Waals surface area (Å²) in [7, 11) is 0. The number of carbonyl (C=O) groups is 1. The van der Waals surface area contributed by atoms with E-state index < -0.39 is 0 Å². The zero-order chi connectivity index (χ0) is 15.8. The van der Waals surface area contributed by atoms with Gasteiger partial charge in [0.15, 0.2) is 5.76 Å². The molecule has 1 aromatic heterocycles. The predicted octanol–water partition coefficient (Wildman–Crippen LogP) is 3.00. The van der Waals surface area contributed by atoms with E-state index in [2.05, 4.69) is 5.32 Å². The summed E-state index contributed by atoms with van der Waals surface area (Å²) in [5.41, 5.74) is 0. The quantitative estimate of drug-likeness (QED) is 0.906. The van der Waals surface area contributed by atoms with Crippen LogP contribution in [0.25, 0.3) is 0 Å². The van der Waals surface area contributed by atoms with Crippen molar-refractivity contribution in [3.8, 4) is 5.95 Å². The molecule has 126 valence electrons. The van der Waals surface area contributed by atoms with Crippen LogP contribution in [0, 0.1) is 17.8 Å². The van der Waals surface area contributed by atoms with Crippen molar-refractivity contribution in [2.75, 3.05) is 13.2 Å². The second-order valence-corrected chi connectivity index (χ2v) is 6.96. The van der Waals surface area contributed by atoms with Gasteiger partial charge in [-0.2, -0.15) is 0 Å². The Kier molecular flexibility index (Phi) is 4.05. The third-order valence-electron chi connectivity index (χ3n) is 5.77. The Morgan fingerprint density at radius 1 is 1.30 bits per heavy atom. The molecule has 0 aromatic carbocycles. The molecule has 0 spiro atoms. The zero-order valence-corrected chi connectivity index (χ0v) is 13.6. The van der Waals surface area contributed by atoms with E-state index in [1.807, 2.05) is 6.92 Å². The molecule has 1 N–H and O–H groups in total. The maximum absolute atomic E-state index is 12.5. The topological polar surface area (TPSA) is 60.7 Å². The largest absolute Gasteiger partial charge is 0.465 e. The molecular formula is C18H25NO4. The number of amides is 1. The van der Waals surface area contributed by atoms with Gasteiger partial charge >= 0.3 is 0 Å². The molecule has 23 heavy (non-hydrogen) atoms. The standard InChI is InChI=1S/C18H25NO4/c1-2-21-14-8-7-13(23-14)18(20)19-16-12-9-10-22-17(12)15(16)11-5-3-4-6-11/h7-8,11-12,15-17H,2-6,9-10H2,1H3,(H,19,20)/t12-,15+,16+,17-/m1/s1. The van der Waals surface area contributed by atoms with Crippen molar-refractivity contribution in [2.45, 2.75) is 51.2 Å². The molecule has 1 saturated heterocycles. The van der Waals surface area contributed by atoms with Gasteiger partial charge in [0.25, 0.3) is 11.9 Å². The molecule has 0 bridgehead atoms. The van der Waals surface area contributed by atoms with Crippen molar-refractivity contribution < 1.29 is 18.7 Å². The molecule has 4 atom stereocenters. The zero-order valence-electron chi connectivity index (χ0n) is 13.6. The first-order valence-corrected chi connectivity index (χ1v) is 8.93. The Bertz CT molecular complexity index is 558. The summed E-state index contributed by atoms with van der Waals surface area (Å²) in [6, 6.07) is 3.63. The average Bonchev–Trinajstić information content (AvgIpc) is 3.26. The lowest BCUT2D eigenvalue weighted by Gasteiger charge is -2.50. The number of nitrogens with one attached hydrogen (secondary N) is 1. The van der Waals surface area contributed by atoms with E-state index in [1.165, 1.54) is 25.7 Å². The summed E-state index contributed by atoms with van der Waals surface area (Å²) < 4.78 is 16.7. The number of fused-ring (bicyclic) bond motifs is 1. The molecule has 4 rings (SSSR count). The van der Waals surface area contributed by atoms with Crippen LogP contribution in [0.3, 0.4) is 0 Å². The highest BCUT2D eigenvalue weighted by molar-refractivity contribution is 5.92. The molecule has 2 saturated carbocycles. The third-order valence-corrected chi connectivity index (χ3v) is 5.77. The lowest BCUT2D eigenvalue weighted by Crippen LogP contribution is -2.63. The van der Waals surface area contributed by atoms with Gasteiger partial charge in [-0.05, 0) is 25.3 Å². The van der Waals surface area contributed by atoms with Gasteiger partial charge in [-0.15, -0.1) is 0 Å². The van der Waals surface area contributed by atoms with E-state index in [0.29, 0.717) is 42.2 Å². The second kappa shape index (κ2) is 6.19. The Labute approximate surface area is 136 Å². The van der Waals surface area contributed by atoms with E-state index in [1.54, 1.807) is 12.1 Å². The number of hydrogen-bond donors (Lipinski definition) is 1. The van der Waals surface area contributed by atoms with E-state index >= 15 is 0 Å². The first-order valence-electron chi connectivity index (χ1n) is 8.93. The molecule has 1 aromatic rings. The SMILES string of the molecule is CCOc1ccc(C(=O)N[C@H]2[C@H]3CCO[C@H]3[C@H]2C2CCCC2)o1. The van der Waals surface area contributed by atoms with Crippen LogP contribution in [0.2, 0.25) is 0 Å². The number of carbonyl (C=O) groups excluding carboxylic acids is 1. The van der Waals surface area contributed by atoms with Gasteiger partial charge in [0.2, 0.25) is 0 Å². The molecule has 3 aliphatic rings. The van der Waals surface area contributed by atoms with Crippen molar-refractivity contribution in [3.05, 3.63) is 17.9 Å². The van der Waals surface area contributed by atoms with Crippen LogP contribution in [0.15, 0.2) is 16.5 Å². The van der Waals surface area contributed by atoms with Crippen LogP contribution < -0.4 is 10.1 Å². The van der Waals surface area contributed by atoms with Gasteiger partial charge in [-0.1, -0.05) is 25.7 Å². The van der Waals surface area contributed by atoms with Gasteiger partial charge in [0.05, 0.1) is 12.7 Å². The van der Waals surface area contributed by atoms with Crippen LogP contribution in [0.1, 0.15) is 49.6 Å². The average molecular weight is 319 g/mol. The Balaban J connectivity index is 1.44. The lowest BCUT2D eigenvalue weighted by atomic mass is 9.61. The van der Waals surface area contributed by atoms with E-state index in [9.17, 15) is 4.79 Å². The highest BCUT2D eigenvalue weighted by Gasteiger charge is 2.57. The fourth-order valence-corrected chi connectivity index (χ4v) is 4.74. The van der Waals surface area contributed by atoms with Crippen LogP contribution in [0.4, 0.5) is 0 Å². The summed E-state index contributed by atoms with van der Waals surface area (Å²) in [4.78, 5) is 12.5. The van der Waals surface area contributed by atoms with Gasteiger partial charge in [-0.3, -0.25) is 4.79 Å². The minimum atomic E-state index is -0.130. The molecule has 5 heteroatoms. The molecule has 0 unspecified atom stereocenters. The van der Waals surface area contributed by atoms with Crippen LogP contribution in [-0.4, -0.2) is 31.3 Å². The van der Waals surface area contributed by atoms with Crippen LogP contribution in [-0.2, 0) is 4.74 Å². The van der Waals surface area contributed by atoms with Gasteiger partial charge in [0, 0.05) is 30.6 Å². The summed E-state index contributed by atoms with van der Waals surface area (Å²) in [5.74, 6) is 2.27. The fraction of sp³-hybridized carbons (Fsp3) is 0.722. The minimum absolute atomic E-state index is 0.130. The Morgan fingerprint density at radius 2 is 2.13 bits per heavy atom. The van der Waals surface area contributed by atoms with Crippen molar-refractivity contribution in [1.82, 2.24) is 5.32 Å². The van der Waals surface area contributed by atoms with Crippen LogP contribution >= 0.6 is 0 Å². The van der Waals surface area contributed by atoms with E-state index in [4.69, 9.17) is 13.9 Å². The number of hydrogen-bond acceptors (Lipinski definition) is 4. The Hall–Kier alpha value is -1.49. The molecule has 5 nitrogen and oxygen atoms in total. The maximum atomic E-state index is 12.5. The van der Waals surface area contributed by atoms with Gasteiger partial charge in [0.1, 0.15) is 0 Å². The number of rotatable bonds is 5.